The topological polar surface area (TPSA) is 49.3 Å². The van der Waals surface area contributed by atoms with E-state index in [0.717, 1.165) is 11.3 Å². The Balaban J connectivity index is 2.30. The summed E-state index contributed by atoms with van der Waals surface area (Å²) in [4.78, 5) is 12.6. The Morgan fingerprint density at radius 1 is 1.62 bits per heavy atom. The highest BCUT2D eigenvalue weighted by molar-refractivity contribution is 7.10. The van der Waals surface area contributed by atoms with Gasteiger partial charge in [-0.1, -0.05) is 19.4 Å². The third-order valence-corrected chi connectivity index (χ3v) is 3.25. The maximum absolute atomic E-state index is 11.5. The van der Waals surface area contributed by atoms with Crippen LogP contribution in [0.15, 0.2) is 17.5 Å². The fourth-order valence-electron chi connectivity index (χ4n) is 1.55. The van der Waals surface area contributed by atoms with Crippen molar-refractivity contribution in [3.63, 3.8) is 0 Å². The highest BCUT2D eigenvalue weighted by Crippen LogP contribution is 2.11. The molecule has 4 heteroatoms. The van der Waals surface area contributed by atoms with Crippen LogP contribution in [0.25, 0.3) is 0 Å². The van der Waals surface area contributed by atoms with Gasteiger partial charge in [-0.15, -0.1) is 11.3 Å². The van der Waals surface area contributed by atoms with Crippen molar-refractivity contribution in [2.75, 3.05) is 6.54 Å². The second kappa shape index (κ2) is 6.01. The van der Waals surface area contributed by atoms with E-state index in [4.69, 9.17) is 0 Å². The number of rotatable bonds is 6. The van der Waals surface area contributed by atoms with Gasteiger partial charge in [0.05, 0.1) is 12.0 Å². The van der Waals surface area contributed by atoms with Crippen LogP contribution in [0, 0.1) is 0 Å². The molecule has 0 fully saturated rings. The van der Waals surface area contributed by atoms with Gasteiger partial charge in [-0.2, -0.15) is 0 Å². The molecule has 0 saturated heterocycles. The molecule has 1 atom stereocenters. The van der Waals surface area contributed by atoms with Crippen molar-refractivity contribution >= 4 is 17.2 Å². The van der Waals surface area contributed by atoms with Crippen LogP contribution in [0.5, 0.6) is 0 Å². The van der Waals surface area contributed by atoms with Gasteiger partial charge in [0.1, 0.15) is 0 Å². The summed E-state index contributed by atoms with van der Waals surface area (Å²) in [5, 5.41) is 14.6. The molecule has 0 aliphatic rings. The van der Waals surface area contributed by atoms with Crippen molar-refractivity contribution in [2.24, 2.45) is 0 Å². The Morgan fingerprint density at radius 2 is 2.38 bits per heavy atom. The van der Waals surface area contributed by atoms with Crippen LogP contribution in [0.3, 0.4) is 0 Å². The van der Waals surface area contributed by atoms with Crippen LogP contribution in [-0.2, 0) is 11.2 Å². The third kappa shape index (κ3) is 4.77. The van der Waals surface area contributed by atoms with Crippen LogP contribution >= 0.6 is 11.3 Å². The number of nitrogens with one attached hydrogen (secondary N) is 1. The summed E-state index contributed by atoms with van der Waals surface area (Å²) in [6.07, 6.45) is 2.01. The minimum Gasteiger partial charge on any atom is -0.388 e. The smallest absolute Gasteiger partial charge is 0.225 e. The molecule has 90 valence electrons. The van der Waals surface area contributed by atoms with E-state index < -0.39 is 5.60 Å². The maximum atomic E-state index is 11.5. The average molecular weight is 241 g/mol. The van der Waals surface area contributed by atoms with Gasteiger partial charge in [0.25, 0.3) is 0 Å². The first-order chi connectivity index (χ1) is 7.53. The van der Waals surface area contributed by atoms with Crippen molar-refractivity contribution in [2.45, 2.75) is 38.7 Å². The SMILES string of the molecule is CCCC(C)(O)CNC(=O)Cc1cccs1. The molecule has 0 aliphatic heterocycles. The molecule has 1 aromatic rings. The molecule has 1 unspecified atom stereocenters. The Morgan fingerprint density at radius 3 is 2.94 bits per heavy atom. The fraction of sp³-hybridized carbons (Fsp3) is 0.583. The van der Waals surface area contributed by atoms with Gasteiger partial charge in [0.15, 0.2) is 0 Å². The van der Waals surface area contributed by atoms with Crippen LogP contribution in [0.2, 0.25) is 0 Å². The Bertz CT molecular complexity index is 320. The monoisotopic (exact) mass is 241 g/mol. The number of aliphatic hydroxyl groups is 1. The lowest BCUT2D eigenvalue weighted by Gasteiger charge is -2.22. The zero-order valence-electron chi connectivity index (χ0n) is 9.82. The van der Waals surface area contributed by atoms with E-state index in [2.05, 4.69) is 5.32 Å². The number of amides is 1. The predicted octanol–water partition coefficient (Wildman–Crippen LogP) is 1.96. The van der Waals surface area contributed by atoms with Gasteiger partial charge in [-0.05, 0) is 24.8 Å². The molecule has 2 N–H and O–H groups in total. The third-order valence-electron chi connectivity index (χ3n) is 2.37. The fourth-order valence-corrected chi connectivity index (χ4v) is 2.25. The van der Waals surface area contributed by atoms with Crippen LogP contribution in [0.1, 0.15) is 31.6 Å². The lowest BCUT2D eigenvalue weighted by atomic mass is 10.0. The van der Waals surface area contributed by atoms with E-state index in [1.165, 1.54) is 0 Å². The molecule has 1 heterocycles. The summed E-state index contributed by atoms with van der Waals surface area (Å²) in [6, 6.07) is 3.87. The van der Waals surface area contributed by atoms with Gasteiger partial charge in [0.2, 0.25) is 5.91 Å². The molecular weight excluding hydrogens is 222 g/mol. The lowest BCUT2D eigenvalue weighted by Crippen LogP contribution is -2.40. The number of carbonyl (C=O) groups is 1. The molecule has 0 aromatic carbocycles. The number of thiophene rings is 1. The number of hydrogen-bond donors (Lipinski definition) is 2. The molecule has 16 heavy (non-hydrogen) atoms. The Kier molecular flexibility index (Phi) is 4.96. The second-order valence-electron chi connectivity index (χ2n) is 4.28. The van der Waals surface area contributed by atoms with Crippen molar-refractivity contribution < 1.29 is 9.90 Å². The van der Waals surface area contributed by atoms with E-state index in [9.17, 15) is 9.90 Å². The minimum atomic E-state index is -0.792. The van der Waals surface area contributed by atoms with Crippen molar-refractivity contribution in [3.8, 4) is 0 Å². The zero-order valence-corrected chi connectivity index (χ0v) is 10.6. The van der Waals surface area contributed by atoms with Gasteiger partial charge >= 0.3 is 0 Å². The molecule has 1 rings (SSSR count). The largest absolute Gasteiger partial charge is 0.388 e. The first-order valence-corrected chi connectivity index (χ1v) is 6.43. The predicted molar refractivity (Wildman–Crippen MR) is 66.6 cm³/mol. The quantitative estimate of drug-likeness (QED) is 0.800. The van der Waals surface area contributed by atoms with Gasteiger partial charge in [-0.3, -0.25) is 4.79 Å². The van der Waals surface area contributed by atoms with Crippen LogP contribution < -0.4 is 5.32 Å². The van der Waals surface area contributed by atoms with Crippen molar-refractivity contribution in [3.05, 3.63) is 22.4 Å². The van der Waals surface area contributed by atoms with Gasteiger partial charge in [-0.25, -0.2) is 0 Å². The molecule has 0 saturated carbocycles. The number of hydrogen-bond acceptors (Lipinski definition) is 3. The molecular formula is C12H19NO2S. The summed E-state index contributed by atoms with van der Waals surface area (Å²) in [5.74, 6) is -0.0289. The molecule has 0 spiro atoms. The molecule has 3 nitrogen and oxygen atoms in total. The van der Waals surface area contributed by atoms with Crippen LogP contribution in [0.4, 0.5) is 0 Å². The van der Waals surface area contributed by atoms with Gasteiger partial charge < -0.3 is 10.4 Å². The molecule has 0 bridgehead atoms. The molecule has 0 radical (unpaired) electrons. The molecule has 0 aliphatic carbocycles. The Hall–Kier alpha value is -0.870. The normalized spacial score (nSPS) is 14.4. The lowest BCUT2D eigenvalue weighted by molar-refractivity contribution is -0.121. The van der Waals surface area contributed by atoms with E-state index in [-0.39, 0.29) is 5.91 Å². The van der Waals surface area contributed by atoms with Crippen LogP contribution in [-0.4, -0.2) is 23.2 Å². The highest BCUT2D eigenvalue weighted by atomic mass is 32.1. The van der Waals surface area contributed by atoms with Crippen molar-refractivity contribution in [1.82, 2.24) is 5.32 Å². The summed E-state index contributed by atoms with van der Waals surface area (Å²) in [5.41, 5.74) is -0.792. The van der Waals surface area contributed by atoms with E-state index in [0.29, 0.717) is 19.4 Å². The standard InChI is InChI=1S/C12H19NO2S/c1-3-6-12(2,15)9-13-11(14)8-10-5-4-7-16-10/h4-5,7,15H,3,6,8-9H2,1-2H3,(H,13,14). The molecule has 1 aromatic heterocycles. The summed E-state index contributed by atoms with van der Waals surface area (Å²) < 4.78 is 0. The summed E-state index contributed by atoms with van der Waals surface area (Å²) in [7, 11) is 0. The summed E-state index contributed by atoms with van der Waals surface area (Å²) >= 11 is 1.57. The first-order valence-electron chi connectivity index (χ1n) is 5.55. The first kappa shape index (κ1) is 13.2. The highest BCUT2D eigenvalue weighted by Gasteiger charge is 2.19. The Labute approximate surface area is 100 Å². The van der Waals surface area contributed by atoms with E-state index >= 15 is 0 Å². The number of carbonyl (C=O) groups excluding carboxylic acids is 1. The second-order valence-corrected chi connectivity index (χ2v) is 5.31. The minimum absolute atomic E-state index is 0.0289. The van der Waals surface area contributed by atoms with E-state index in [1.807, 2.05) is 24.4 Å². The zero-order chi connectivity index (χ0) is 12.0. The summed E-state index contributed by atoms with van der Waals surface area (Å²) in [6.45, 7) is 4.09. The molecule has 1 amide bonds. The van der Waals surface area contributed by atoms with Crippen molar-refractivity contribution in [1.29, 1.82) is 0 Å². The maximum Gasteiger partial charge on any atom is 0.225 e. The van der Waals surface area contributed by atoms with Gasteiger partial charge in [0, 0.05) is 11.4 Å². The van der Waals surface area contributed by atoms with E-state index in [1.54, 1.807) is 18.3 Å². The average Bonchev–Trinajstić information content (AvgIpc) is 2.68.